The Kier molecular flexibility index (Phi) is 4.33. The average molecular weight is 227 g/mol. The molecule has 0 aromatic carbocycles. The molecule has 2 atom stereocenters. The van der Waals surface area contributed by atoms with Crippen LogP contribution in [-0.2, 0) is 4.79 Å². The number of hydrogen-bond acceptors (Lipinski definition) is 4. The van der Waals surface area contributed by atoms with Gasteiger partial charge in [0.05, 0.1) is 6.20 Å². The van der Waals surface area contributed by atoms with Gasteiger partial charge in [-0.2, -0.15) is 0 Å². The lowest BCUT2D eigenvalue weighted by Crippen LogP contribution is -2.38. The van der Waals surface area contributed by atoms with E-state index < -0.39 is 17.8 Å². The summed E-state index contributed by atoms with van der Waals surface area (Å²) in [6.45, 7) is 1.79. The number of rotatable bonds is 5. The first kappa shape index (κ1) is 12.5. The molecule has 0 aliphatic carbocycles. The number of hydrogen-bond donors (Lipinski definition) is 3. The van der Waals surface area contributed by atoms with E-state index in [1.54, 1.807) is 6.92 Å². The maximum absolute atomic E-state index is 12.8. The Morgan fingerprint density at radius 3 is 2.94 bits per heavy atom. The van der Waals surface area contributed by atoms with E-state index in [0.717, 1.165) is 6.20 Å². The van der Waals surface area contributed by atoms with E-state index in [1.165, 1.54) is 12.3 Å². The molecule has 5 nitrogen and oxygen atoms in total. The van der Waals surface area contributed by atoms with E-state index in [-0.39, 0.29) is 12.6 Å². The van der Waals surface area contributed by atoms with Crippen LogP contribution in [0.4, 0.5) is 4.39 Å². The summed E-state index contributed by atoms with van der Waals surface area (Å²) in [5.74, 6) is -1.22. The summed E-state index contributed by atoms with van der Waals surface area (Å²) >= 11 is 0. The quantitative estimate of drug-likeness (QED) is 0.645. The van der Waals surface area contributed by atoms with E-state index in [0.29, 0.717) is 5.56 Å². The van der Waals surface area contributed by atoms with Crippen LogP contribution in [0.15, 0.2) is 18.5 Å². The van der Waals surface area contributed by atoms with E-state index in [1.807, 2.05) is 0 Å². The van der Waals surface area contributed by atoms with Crippen molar-refractivity contribution in [2.24, 2.45) is 5.73 Å². The number of carbonyl (C=O) groups excluding carboxylic acids is 1. The Morgan fingerprint density at radius 1 is 1.69 bits per heavy atom. The van der Waals surface area contributed by atoms with Gasteiger partial charge in [-0.1, -0.05) is 0 Å². The summed E-state index contributed by atoms with van der Waals surface area (Å²) in [4.78, 5) is 14.3. The van der Waals surface area contributed by atoms with E-state index >= 15 is 0 Å². The molecule has 2 unspecified atom stereocenters. The summed E-state index contributed by atoms with van der Waals surface area (Å²) in [6, 6.07) is 1.11. The molecule has 0 saturated heterocycles. The summed E-state index contributed by atoms with van der Waals surface area (Å²) in [7, 11) is 0. The predicted octanol–water partition coefficient (Wildman–Crippen LogP) is -0.282. The summed E-state index contributed by atoms with van der Waals surface area (Å²) in [6.07, 6.45) is 1.37. The number of halogens is 1. The predicted molar refractivity (Wildman–Crippen MR) is 55.8 cm³/mol. The number of aromatic nitrogens is 1. The van der Waals surface area contributed by atoms with Gasteiger partial charge in [0, 0.05) is 18.8 Å². The first-order chi connectivity index (χ1) is 7.50. The largest absolute Gasteiger partial charge is 0.382 e. The molecule has 6 heteroatoms. The number of primary amides is 1. The lowest BCUT2D eigenvalue weighted by Gasteiger charge is -2.15. The third kappa shape index (κ3) is 3.56. The van der Waals surface area contributed by atoms with Gasteiger partial charge in [0.15, 0.2) is 0 Å². The van der Waals surface area contributed by atoms with Crippen LogP contribution in [0.25, 0.3) is 0 Å². The minimum Gasteiger partial charge on any atom is -0.382 e. The molecule has 88 valence electrons. The van der Waals surface area contributed by atoms with Gasteiger partial charge in [0.1, 0.15) is 11.9 Å². The van der Waals surface area contributed by atoms with Crippen LogP contribution in [-0.4, -0.2) is 28.6 Å². The molecular weight excluding hydrogens is 213 g/mol. The fourth-order valence-electron chi connectivity index (χ4n) is 1.17. The van der Waals surface area contributed by atoms with Crippen molar-refractivity contribution >= 4 is 5.91 Å². The van der Waals surface area contributed by atoms with Gasteiger partial charge in [-0.3, -0.25) is 9.78 Å². The van der Waals surface area contributed by atoms with Gasteiger partial charge >= 0.3 is 0 Å². The molecular formula is C10H14FN3O2. The van der Waals surface area contributed by atoms with Crippen molar-refractivity contribution in [1.29, 1.82) is 0 Å². The van der Waals surface area contributed by atoms with Crippen molar-refractivity contribution in [3.8, 4) is 0 Å². The second kappa shape index (κ2) is 5.53. The van der Waals surface area contributed by atoms with Crippen LogP contribution >= 0.6 is 0 Å². The number of carbonyl (C=O) groups is 1. The maximum atomic E-state index is 12.8. The van der Waals surface area contributed by atoms with E-state index in [4.69, 9.17) is 10.8 Å². The molecule has 1 aromatic heterocycles. The molecule has 0 aliphatic rings. The zero-order valence-corrected chi connectivity index (χ0v) is 8.85. The molecule has 1 aromatic rings. The average Bonchev–Trinajstić information content (AvgIpc) is 2.25. The van der Waals surface area contributed by atoms with Gasteiger partial charge in [0.25, 0.3) is 0 Å². The van der Waals surface area contributed by atoms with Gasteiger partial charge in [-0.05, 0) is 18.6 Å². The normalized spacial score (nSPS) is 14.4. The third-order valence-electron chi connectivity index (χ3n) is 2.17. The van der Waals surface area contributed by atoms with Crippen molar-refractivity contribution < 1.29 is 14.3 Å². The van der Waals surface area contributed by atoms with Crippen LogP contribution in [0, 0.1) is 5.82 Å². The molecule has 0 spiro atoms. The van der Waals surface area contributed by atoms with Crippen molar-refractivity contribution in [1.82, 2.24) is 10.3 Å². The third-order valence-corrected chi connectivity index (χ3v) is 2.17. The standard InChI is InChI=1S/C10H14FN3O2/c1-6(14-5-9(15)10(12)16)7-2-8(11)4-13-3-7/h2-4,6,9,14-15H,5H2,1H3,(H2,12,16). The van der Waals surface area contributed by atoms with Crippen LogP contribution in [0.3, 0.4) is 0 Å². The van der Waals surface area contributed by atoms with Crippen LogP contribution < -0.4 is 11.1 Å². The molecule has 1 amide bonds. The summed E-state index contributed by atoms with van der Waals surface area (Å²) < 4.78 is 12.8. The smallest absolute Gasteiger partial charge is 0.247 e. The zero-order valence-electron chi connectivity index (χ0n) is 8.85. The highest BCUT2D eigenvalue weighted by atomic mass is 19.1. The monoisotopic (exact) mass is 227 g/mol. The molecule has 4 N–H and O–H groups in total. The van der Waals surface area contributed by atoms with Crippen LogP contribution in [0.1, 0.15) is 18.5 Å². The van der Waals surface area contributed by atoms with Gasteiger partial charge in [-0.25, -0.2) is 4.39 Å². The van der Waals surface area contributed by atoms with E-state index in [2.05, 4.69) is 10.3 Å². The molecule has 0 radical (unpaired) electrons. The number of aliphatic hydroxyl groups excluding tert-OH is 1. The van der Waals surface area contributed by atoms with Crippen molar-refractivity contribution in [2.75, 3.05) is 6.54 Å². The Morgan fingerprint density at radius 2 is 2.38 bits per heavy atom. The molecule has 0 bridgehead atoms. The zero-order chi connectivity index (χ0) is 12.1. The molecule has 0 fully saturated rings. The summed E-state index contributed by atoms with van der Waals surface area (Å²) in [5, 5.41) is 12.0. The number of nitrogens with zero attached hydrogens (tertiary/aromatic N) is 1. The van der Waals surface area contributed by atoms with Gasteiger partial charge in [0.2, 0.25) is 5.91 Å². The topological polar surface area (TPSA) is 88.2 Å². The Labute approximate surface area is 92.5 Å². The highest BCUT2D eigenvalue weighted by Crippen LogP contribution is 2.11. The fraction of sp³-hybridized carbons (Fsp3) is 0.400. The molecule has 1 rings (SSSR count). The number of aliphatic hydroxyl groups is 1. The number of amides is 1. The first-order valence-corrected chi connectivity index (χ1v) is 4.82. The lowest BCUT2D eigenvalue weighted by atomic mass is 10.1. The second-order valence-corrected chi connectivity index (χ2v) is 3.48. The lowest BCUT2D eigenvalue weighted by molar-refractivity contribution is -0.125. The highest BCUT2D eigenvalue weighted by molar-refractivity contribution is 5.78. The molecule has 0 aliphatic heterocycles. The Hall–Kier alpha value is -1.53. The number of pyridine rings is 1. The molecule has 1 heterocycles. The molecule has 0 saturated carbocycles. The Bertz CT molecular complexity index is 373. The SMILES string of the molecule is CC(NCC(O)C(N)=O)c1cncc(F)c1. The van der Waals surface area contributed by atoms with Crippen molar-refractivity contribution in [3.05, 3.63) is 29.8 Å². The minimum absolute atomic E-state index is 0.0208. The van der Waals surface area contributed by atoms with Crippen LogP contribution in [0.2, 0.25) is 0 Å². The highest BCUT2D eigenvalue weighted by Gasteiger charge is 2.13. The van der Waals surface area contributed by atoms with Crippen molar-refractivity contribution in [2.45, 2.75) is 19.1 Å². The Balaban J connectivity index is 2.52. The summed E-state index contributed by atoms with van der Waals surface area (Å²) in [5.41, 5.74) is 5.52. The fourth-order valence-corrected chi connectivity index (χ4v) is 1.17. The second-order valence-electron chi connectivity index (χ2n) is 3.48. The van der Waals surface area contributed by atoms with Gasteiger partial charge < -0.3 is 16.2 Å². The molecule has 16 heavy (non-hydrogen) atoms. The van der Waals surface area contributed by atoms with Crippen LogP contribution in [0.5, 0.6) is 0 Å². The minimum atomic E-state index is -1.25. The van der Waals surface area contributed by atoms with E-state index in [9.17, 15) is 9.18 Å². The number of nitrogens with two attached hydrogens (primary N) is 1. The first-order valence-electron chi connectivity index (χ1n) is 4.82. The van der Waals surface area contributed by atoms with Crippen molar-refractivity contribution in [3.63, 3.8) is 0 Å². The maximum Gasteiger partial charge on any atom is 0.247 e. The number of nitrogens with one attached hydrogen (secondary N) is 1. The van der Waals surface area contributed by atoms with Gasteiger partial charge in [-0.15, -0.1) is 0 Å².